The van der Waals surface area contributed by atoms with Crippen LogP contribution in [0.25, 0.3) is 11.0 Å². The highest BCUT2D eigenvalue weighted by atomic mass is 35.5. The molecule has 0 aliphatic carbocycles. The van der Waals surface area contributed by atoms with Gasteiger partial charge in [0.2, 0.25) is 0 Å². The minimum absolute atomic E-state index is 0.0296. The van der Waals surface area contributed by atoms with E-state index in [-0.39, 0.29) is 26.9 Å². The van der Waals surface area contributed by atoms with Crippen molar-refractivity contribution in [2.75, 3.05) is 5.73 Å². The molecule has 1 aromatic carbocycles. The van der Waals surface area contributed by atoms with Crippen LogP contribution in [0.4, 0.5) is 11.5 Å². The SMILES string of the molecule is Nc1nc2cc(Cl)c([N+](=O)[O-])c(Cl)c2[nH]c1=O. The number of anilines is 1. The van der Waals surface area contributed by atoms with Crippen molar-refractivity contribution in [3.05, 3.63) is 36.6 Å². The fourth-order valence-corrected chi connectivity index (χ4v) is 1.96. The fraction of sp³-hybridized carbons (Fsp3) is 0. The molecule has 2 aromatic rings. The summed E-state index contributed by atoms with van der Waals surface area (Å²) in [4.78, 5) is 27.3. The highest BCUT2D eigenvalue weighted by Gasteiger charge is 2.22. The number of halogens is 2. The Hall–Kier alpha value is -1.86. The monoisotopic (exact) mass is 274 g/mol. The molecule has 7 nitrogen and oxygen atoms in total. The zero-order chi connectivity index (χ0) is 12.7. The molecule has 0 fully saturated rings. The molecular formula is C8H4Cl2N4O3. The average molecular weight is 275 g/mol. The lowest BCUT2D eigenvalue weighted by Crippen LogP contribution is -2.14. The molecule has 0 aliphatic rings. The van der Waals surface area contributed by atoms with Crippen LogP contribution in [0.2, 0.25) is 10.0 Å². The Kier molecular flexibility index (Phi) is 2.64. The van der Waals surface area contributed by atoms with Gasteiger partial charge in [0.25, 0.3) is 5.56 Å². The number of H-pyrrole nitrogens is 1. The van der Waals surface area contributed by atoms with Crippen molar-refractivity contribution in [1.82, 2.24) is 9.97 Å². The summed E-state index contributed by atoms with van der Waals surface area (Å²) in [6, 6.07) is 1.22. The summed E-state index contributed by atoms with van der Waals surface area (Å²) in [5, 5.41) is 10.3. The number of aromatic amines is 1. The van der Waals surface area contributed by atoms with Gasteiger partial charge in [0.15, 0.2) is 5.82 Å². The van der Waals surface area contributed by atoms with Gasteiger partial charge in [0, 0.05) is 0 Å². The standard InChI is InChI=1S/C8H4Cl2N4O3/c9-2-1-3-5(4(10)6(2)14(16)17)13-8(15)7(11)12-3/h1H,(H2,11,12)(H,13,15). The Morgan fingerprint density at radius 3 is 2.71 bits per heavy atom. The van der Waals surface area contributed by atoms with E-state index >= 15 is 0 Å². The molecule has 88 valence electrons. The number of hydrogen-bond acceptors (Lipinski definition) is 5. The first-order chi connectivity index (χ1) is 7.91. The molecule has 0 bridgehead atoms. The topological polar surface area (TPSA) is 115 Å². The van der Waals surface area contributed by atoms with Gasteiger partial charge in [-0.15, -0.1) is 0 Å². The molecule has 2 rings (SSSR count). The molecule has 1 heterocycles. The summed E-state index contributed by atoms with van der Waals surface area (Å²) < 4.78 is 0. The third kappa shape index (κ3) is 1.79. The van der Waals surface area contributed by atoms with Crippen LogP contribution in [-0.4, -0.2) is 14.9 Å². The second-order valence-corrected chi connectivity index (χ2v) is 3.91. The lowest BCUT2D eigenvalue weighted by molar-refractivity contribution is -0.384. The summed E-state index contributed by atoms with van der Waals surface area (Å²) in [7, 11) is 0. The third-order valence-corrected chi connectivity index (χ3v) is 2.72. The summed E-state index contributed by atoms with van der Waals surface area (Å²) in [6.45, 7) is 0. The van der Waals surface area contributed by atoms with Gasteiger partial charge in [-0.3, -0.25) is 14.9 Å². The molecule has 1 aromatic heterocycles. The van der Waals surface area contributed by atoms with Crippen LogP contribution < -0.4 is 11.3 Å². The van der Waals surface area contributed by atoms with Gasteiger partial charge in [-0.1, -0.05) is 23.2 Å². The molecule has 0 aliphatic heterocycles. The Morgan fingerprint density at radius 1 is 1.47 bits per heavy atom. The zero-order valence-electron chi connectivity index (χ0n) is 8.03. The average Bonchev–Trinajstić information content (AvgIpc) is 2.21. The van der Waals surface area contributed by atoms with E-state index in [0.29, 0.717) is 0 Å². The minimum atomic E-state index is -0.737. The van der Waals surface area contributed by atoms with Crippen LogP contribution in [0.5, 0.6) is 0 Å². The second kappa shape index (κ2) is 3.86. The number of rotatable bonds is 1. The number of hydrogen-bond donors (Lipinski definition) is 2. The van der Waals surface area contributed by atoms with Gasteiger partial charge >= 0.3 is 5.69 Å². The van der Waals surface area contributed by atoms with Gasteiger partial charge in [-0.25, -0.2) is 4.98 Å². The zero-order valence-corrected chi connectivity index (χ0v) is 9.54. The number of nitro benzene ring substituents is 1. The van der Waals surface area contributed by atoms with E-state index in [9.17, 15) is 14.9 Å². The smallest absolute Gasteiger partial charge is 0.308 e. The first-order valence-corrected chi connectivity index (χ1v) is 4.99. The number of nitrogens with two attached hydrogens (primary N) is 1. The van der Waals surface area contributed by atoms with E-state index in [4.69, 9.17) is 28.9 Å². The van der Waals surface area contributed by atoms with E-state index in [1.165, 1.54) is 6.07 Å². The van der Waals surface area contributed by atoms with E-state index in [2.05, 4.69) is 9.97 Å². The van der Waals surface area contributed by atoms with Crippen molar-refractivity contribution in [1.29, 1.82) is 0 Å². The molecular weight excluding hydrogens is 271 g/mol. The van der Waals surface area contributed by atoms with Crippen molar-refractivity contribution in [2.24, 2.45) is 0 Å². The van der Waals surface area contributed by atoms with Crippen LogP contribution in [0.15, 0.2) is 10.9 Å². The summed E-state index contributed by atoms with van der Waals surface area (Å²) >= 11 is 11.5. The van der Waals surface area contributed by atoms with Gasteiger partial charge in [-0.05, 0) is 6.07 Å². The van der Waals surface area contributed by atoms with Crippen molar-refractivity contribution in [3.63, 3.8) is 0 Å². The predicted octanol–water partition coefficient (Wildman–Crippen LogP) is 1.72. The van der Waals surface area contributed by atoms with Crippen molar-refractivity contribution in [3.8, 4) is 0 Å². The normalized spacial score (nSPS) is 10.7. The number of fused-ring (bicyclic) bond motifs is 1. The molecule has 3 N–H and O–H groups in total. The lowest BCUT2D eigenvalue weighted by atomic mass is 10.2. The molecule has 0 radical (unpaired) electrons. The molecule has 0 amide bonds. The molecule has 0 unspecified atom stereocenters. The molecule has 0 atom stereocenters. The molecule has 9 heteroatoms. The van der Waals surface area contributed by atoms with Crippen LogP contribution in [0.3, 0.4) is 0 Å². The van der Waals surface area contributed by atoms with Crippen molar-refractivity contribution < 1.29 is 4.92 Å². The van der Waals surface area contributed by atoms with Crippen LogP contribution in [0, 0.1) is 10.1 Å². The minimum Gasteiger partial charge on any atom is -0.379 e. The van der Waals surface area contributed by atoms with Gasteiger partial charge < -0.3 is 10.7 Å². The maximum atomic E-state index is 11.2. The number of nitro groups is 1. The third-order valence-electron chi connectivity index (χ3n) is 2.07. The summed E-state index contributed by atoms with van der Waals surface area (Å²) in [5.41, 5.74) is 4.37. The van der Waals surface area contributed by atoms with Crippen molar-refractivity contribution in [2.45, 2.75) is 0 Å². The van der Waals surface area contributed by atoms with Crippen molar-refractivity contribution >= 4 is 45.7 Å². The van der Waals surface area contributed by atoms with Crippen LogP contribution in [0.1, 0.15) is 0 Å². The number of nitrogen functional groups attached to an aromatic ring is 1. The lowest BCUT2D eigenvalue weighted by Gasteiger charge is -2.03. The Morgan fingerprint density at radius 2 is 2.12 bits per heavy atom. The summed E-state index contributed by atoms with van der Waals surface area (Å²) in [5.74, 6) is -0.265. The maximum absolute atomic E-state index is 11.2. The number of nitrogens with zero attached hydrogens (tertiary/aromatic N) is 2. The first-order valence-electron chi connectivity index (χ1n) is 4.23. The molecule has 0 saturated carbocycles. The Labute approximate surface area is 103 Å². The summed E-state index contributed by atoms with van der Waals surface area (Å²) in [6.07, 6.45) is 0. The fourth-order valence-electron chi connectivity index (χ4n) is 1.33. The molecule has 0 saturated heterocycles. The highest BCUT2D eigenvalue weighted by Crippen LogP contribution is 2.36. The first kappa shape index (κ1) is 11.6. The van der Waals surface area contributed by atoms with Crippen LogP contribution >= 0.6 is 23.2 Å². The van der Waals surface area contributed by atoms with Gasteiger partial charge in [0.05, 0.1) is 16.0 Å². The Balaban J connectivity index is 2.97. The van der Waals surface area contributed by atoms with Crippen LogP contribution in [-0.2, 0) is 0 Å². The number of nitrogens with one attached hydrogen (secondary N) is 1. The largest absolute Gasteiger partial charge is 0.379 e. The molecule has 17 heavy (non-hydrogen) atoms. The quantitative estimate of drug-likeness (QED) is 0.607. The van der Waals surface area contributed by atoms with Gasteiger partial charge in [-0.2, -0.15) is 0 Å². The van der Waals surface area contributed by atoms with E-state index in [1.54, 1.807) is 0 Å². The van der Waals surface area contributed by atoms with E-state index in [0.717, 1.165) is 0 Å². The van der Waals surface area contributed by atoms with Gasteiger partial charge in [0.1, 0.15) is 10.0 Å². The molecule has 0 spiro atoms. The van der Waals surface area contributed by atoms with E-state index in [1.807, 2.05) is 0 Å². The highest BCUT2D eigenvalue weighted by molar-refractivity contribution is 6.41. The maximum Gasteiger partial charge on any atom is 0.308 e. The second-order valence-electron chi connectivity index (χ2n) is 3.12. The number of aromatic nitrogens is 2. The number of benzene rings is 1. The Bertz CT molecular complexity index is 697. The predicted molar refractivity (Wildman–Crippen MR) is 63.5 cm³/mol. The van der Waals surface area contributed by atoms with E-state index < -0.39 is 16.2 Å².